The Morgan fingerprint density at radius 3 is 2.36 bits per heavy atom. The van der Waals surface area contributed by atoms with Crippen molar-refractivity contribution < 1.29 is 19.2 Å². The maximum absolute atomic E-state index is 12.2. The summed E-state index contributed by atoms with van der Waals surface area (Å²) in [5, 5.41) is 13.7. The van der Waals surface area contributed by atoms with Crippen LogP contribution in [0.1, 0.15) is 27.6 Å². The number of halogens is 1. The second kappa shape index (κ2) is 9.62. The first-order valence-electron chi connectivity index (χ1n) is 7.90. The van der Waals surface area contributed by atoms with Crippen LogP contribution in [0.5, 0.6) is 5.75 Å². The van der Waals surface area contributed by atoms with Crippen molar-refractivity contribution >= 4 is 46.4 Å². The Hall–Kier alpha value is -3.24. The molecule has 0 aliphatic heterocycles. The summed E-state index contributed by atoms with van der Waals surface area (Å²) >= 11 is 10.7. The number of rotatable bonds is 5. The van der Waals surface area contributed by atoms with E-state index in [9.17, 15) is 19.7 Å². The van der Waals surface area contributed by atoms with E-state index in [2.05, 4.69) is 16.2 Å². The number of nitrogens with one attached hydrogen (secondary N) is 3. The number of benzene rings is 2. The monoisotopic (exact) mass is 422 g/mol. The number of nitrogens with zero attached hydrogens (tertiary/aromatic N) is 1. The van der Waals surface area contributed by atoms with Crippen molar-refractivity contribution in [2.45, 2.75) is 6.92 Å². The lowest BCUT2D eigenvalue weighted by atomic mass is 10.1. The summed E-state index contributed by atoms with van der Waals surface area (Å²) in [7, 11) is 0. The van der Waals surface area contributed by atoms with Crippen LogP contribution in [0.25, 0.3) is 0 Å². The van der Waals surface area contributed by atoms with Crippen LogP contribution >= 0.6 is 23.8 Å². The minimum atomic E-state index is -0.690. The first kappa shape index (κ1) is 21.1. The highest BCUT2D eigenvalue weighted by Crippen LogP contribution is 2.27. The van der Waals surface area contributed by atoms with Crippen LogP contribution in [-0.2, 0) is 0 Å². The van der Waals surface area contributed by atoms with E-state index in [0.717, 1.165) is 6.07 Å². The zero-order valence-electron chi connectivity index (χ0n) is 14.5. The summed E-state index contributed by atoms with van der Waals surface area (Å²) < 4.78 is 5.16. The number of nitro groups is 1. The molecule has 0 aliphatic rings. The lowest BCUT2D eigenvalue weighted by Crippen LogP contribution is -2.48. The Morgan fingerprint density at radius 2 is 1.75 bits per heavy atom. The molecule has 0 spiro atoms. The van der Waals surface area contributed by atoms with Gasteiger partial charge in [-0.2, -0.15) is 0 Å². The van der Waals surface area contributed by atoms with E-state index in [1.54, 1.807) is 19.1 Å². The van der Waals surface area contributed by atoms with Crippen molar-refractivity contribution in [2.75, 3.05) is 6.61 Å². The molecule has 0 fully saturated rings. The van der Waals surface area contributed by atoms with E-state index >= 15 is 0 Å². The first-order valence-corrected chi connectivity index (χ1v) is 8.69. The molecule has 2 aromatic rings. The Balaban J connectivity index is 1.97. The van der Waals surface area contributed by atoms with Gasteiger partial charge in [0.2, 0.25) is 0 Å². The molecule has 9 nitrogen and oxygen atoms in total. The molecule has 2 aromatic carbocycles. The highest BCUT2D eigenvalue weighted by molar-refractivity contribution is 7.80. The zero-order valence-corrected chi connectivity index (χ0v) is 16.1. The molecule has 0 saturated carbocycles. The van der Waals surface area contributed by atoms with E-state index in [1.165, 1.54) is 24.3 Å². The van der Waals surface area contributed by atoms with Crippen LogP contribution in [0.2, 0.25) is 5.02 Å². The quantitative estimate of drug-likeness (QED) is 0.384. The van der Waals surface area contributed by atoms with E-state index < -0.39 is 16.7 Å². The molecule has 146 valence electrons. The molecule has 3 N–H and O–H groups in total. The molecule has 0 saturated heterocycles. The predicted molar refractivity (Wildman–Crippen MR) is 106 cm³/mol. The second-order valence-electron chi connectivity index (χ2n) is 5.24. The molecule has 0 heterocycles. The topological polar surface area (TPSA) is 123 Å². The third-order valence-electron chi connectivity index (χ3n) is 3.34. The van der Waals surface area contributed by atoms with Crippen LogP contribution < -0.4 is 20.9 Å². The van der Waals surface area contributed by atoms with E-state index in [-0.39, 0.29) is 28.7 Å². The van der Waals surface area contributed by atoms with Gasteiger partial charge in [-0.3, -0.25) is 35.9 Å². The molecule has 28 heavy (non-hydrogen) atoms. The molecule has 2 amide bonds. The Kier molecular flexibility index (Phi) is 7.24. The van der Waals surface area contributed by atoms with Gasteiger partial charge in [-0.1, -0.05) is 11.6 Å². The summed E-state index contributed by atoms with van der Waals surface area (Å²) in [5.41, 5.74) is 4.67. The number of nitro benzene ring substituents is 1. The number of thiocarbonyl (C=S) groups is 1. The maximum atomic E-state index is 12.2. The summed E-state index contributed by atoms with van der Waals surface area (Å²) in [6.07, 6.45) is 0. The molecular weight excluding hydrogens is 408 g/mol. The summed E-state index contributed by atoms with van der Waals surface area (Å²) in [6.45, 7) is 1.93. The number of carbonyl (C=O) groups is 2. The van der Waals surface area contributed by atoms with Gasteiger partial charge < -0.3 is 4.74 Å². The van der Waals surface area contributed by atoms with Gasteiger partial charge >= 0.3 is 5.69 Å². The van der Waals surface area contributed by atoms with Crippen LogP contribution in [0.3, 0.4) is 0 Å². The van der Waals surface area contributed by atoms with Crippen molar-refractivity contribution in [3.8, 4) is 5.75 Å². The normalized spacial score (nSPS) is 9.93. The summed E-state index contributed by atoms with van der Waals surface area (Å²) in [6, 6.07) is 9.90. The van der Waals surface area contributed by atoms with Crippen molar-refractivity contribution in [1.29, 1.82) is 0 Å². The fourth-order valence-electron chi connectivity index (χ4n) is 2.07. The standard InChI is InChI=1S/C17H15ClN4O5S/c1-2-27-14-8-5-11(9-13(14)22(25)26)15(23)19-17(28)21-20-16(24)10-3-6-12(18)7-4-10/h3-9H,2H2,1H3,(H,20,24)(H2,19,21,23,28). The Bertz CT molecular complexity index is 920. The molecule has 11 heteroatoms. The number of ether oxygens (including phenoxy) is 1. The molecule has 2 rings (SSSR count). The van der Waals surface area contributed by atoms with Crippen LogP contribution in [0, 0.1) is 10.1 Å². The SMILES string of the molecule is CCOc1ccc(C(=O)NC(=S)NNC(=O)c2ccc(Cl)cc2)cc1[N+](=O)[O-]. The second-order valence-corrected chi connectivity index (χ2v) is 6.09. The molecule has 0 aromatic heterocycles. The molecule has 0 radical (unpaired) electrons. The van der Waals surface area contributed by atoms with Crippen molar-refractivity contribution in [2.24, 2.45) is 0 Å². The van der Waals surface area contributed by atoms with Crippen LogP contribution in [0.4, 0.5) is 5.69 Å². The summed E-state index contributed by atoms with van der Waals surface area (Å²) in [4.78, 5) is 34.7. The predicted octanol–water partition coefficient (Wildman–Crippen LogP) is 2.60. The van der Waals surface area contributed by atoms with Gasteiger partial charge in [-0.05, 0) is 55.5 Å². The minimum absolute atomic E-state index is 0.00308. The minimum Gasteiger partial charge on any atom is -0.487 e. The summed E-state index contributed by atoms with van der Waals surface area (Å²) in [5.74, 6) is -1.13. The Labute approximate surface area is 170 Å². The largest absolute Gasteiger partial charge is 0.487 e. The third-order valence-corrected chi connectivity index (χ3v) is 3.80. The van der Waals surface area contributed by atoms with Gasteiger partial charge in [-0.15, -0.1) is 0 Å². The zero-order chi connectivity index (χ0) is 20.7. The van der Waals surface area contributed by atoms with Gasteiger partial charge in [0.15, 0.2) is 10.9 Å². The Morgan fingerprint density at radius 1 is 1.11 bits per heavy atom. The number of amides is 2. The number of hydrazine groups is 1. The molecule has 0 bridgehead atoms. The van der Waals surface area contributed by atoms with Crippen molar-refractivity contribution in [1.82, 2.24) is 16.2 Å². The van der Waals surface area contributed by atoms with Gasteiger partial charge in [0, 0.05) is 22.2 Å². The van der Waals surface area contributed by atoms with Crippen LogP contribution in [-0.4, -0.2) is 28.5 Å². The van der Waals surface area contributed by atoms with Gasteiger partial charge in [0.05, 0.1) is 11.5 Å². The van der Waals surface area contributed by atoms with Gasteiger partial charge in [-0.25, -0.2) is 0 Å². The van der Waals surface area contributed by atoms with Crippen LogP contribution in [0.15, 0.2) is 42.5 Å². The lowest BCUT2D eigenvalue weighted by molar-refractivity contribution is -0.385. The average Bonchev–Trinajstić information content (AvgIpc) is 2.67. The van der Waals surface area contributed by atoms with E-state index in [1.807, 2.05) is 0 Å². The smallest absolute Gasteiger partial charge is 0.311 e. The van der Waals surface area contributed by atoms with Gasteiger partial charge in [0.25, 0.3) is 11.8 Å². The highest BCUT2D eigenvalue weighted by Gasteiger charge is 2.19. The molecule has 0 unspecified atom stereocenters. The fraction of sp³-hybridized carbons (Fsp3) is 0.118. The molecule has 0 aliphatic carbocycles. The van der Waals surface area contributed by atoms with E-state index in [0.29, 0.717) is 10.6 Å². The highest BCUT2D eigenvalue weighted by atomic mass is 35.5. The molecule has 0 atom stereocenters. The average molecular weight is 423 g/mol. The van der Waals surface area contributed by atoms with Gasteiger partial charge in [0.1, 0.15) is 0 Å². The van der Waals surface area contributed by atoms with E-state index in [4.69, 9.17) is 28.6 Å². The van der Waals surface area contributed by atoms with Crippen molar-refractivity contribution in [3.63, 3.8) is 0 Å². The lowest BCUT2D eigenvalue weighted by Gasteiger charge is -2.11. The third kappa shape index (κ3) is 5.63. The fourth-order valence-corrected chi connectivity index (χ4v) is 2.34. The number of carbonyl (C=O) groups excluding carboxylic acids is 2. The molecular formula is C17H15ClN4O5S. The van der Waals surface area contributed by atoms with Crippen molar-refractivity contribution in [3.05, 3.63) is 68.7 Å². The first-order chi connectivity index (χ1) is 13.3. The maximum Gasteiger partial charge on any atom is 0.311 e. The number of hydrogen-bond acceptors (Lipinski definition) is 6. The number of hydrogen-bond donors (Lipinski definition) is 3.